The lowest BCUT2D eigenvalue weighted by Gasteiger charge is -2.23. The first kappa shape index (κ1) is 23.8. The summed E-state index contributed by atoms with van der Waals surface area (Å²) in [4.78, 5) is 2.55. The van der Waals surface area contributed by atoms with E-state index >= 15 is 0 Å². The van der Waals surface area contributed by atoms with Crippen molar-refractivity contribution in [3.8, 4) is 11.1 Å². The molecule has 0 aliphatic rings. The molecule has 178 valence electrons. The van der Waals surface area contributed by atoms with E-state index in [2.05, 4.69) is 150 Å². The summed E-state index contributed by atoms with van der Waals surface area (Å²) in [7, 11) is -0.722. The van der Waals surface area contributed by atoms with Crippen LogP contribution in [0.3, 0.4) is 0 Å². The van der Waals surface area contributed by atoms with Gasteiger partial charge in [-0.15, -0.1) is 22.7 Å². The monoisotopic (exact) mass is 528 g/mol. The molecule has 0 radical (unpaired) electrons. The summed E-state index contributed by atoms with van der Waals surface area (Å²) in [5.41, 5.74) is 5.10. The Balaban J connectivity index is 1.57. The van der Waals surface area contributed by atoms with Crippen molar-refractivity contribution in [1.29, 1.82) is 0 Å². The summed E-state index contributed by atoms with van der Waals surface area (Å²) in [6.45, 7) is 0. The molecule has 0 atom stereocenters. The highest BCUT2D eigenvalue weighted by atomic mass is 32.1. The van der Waals surface area contributed by atoms with Gasteiger partial charge in [0.05, 0.1) is 0 Å². The average Bonchev–Trinajstić information content (AvgIpc) is 3.69. The van der Waals surface area contributed by atoms with Gasteiger partial charge < -0.3 is 0 Å². The maximum Gasteiger partial charge on any atom is 0.0349 e. The van der Waals surface area contributed by atoms with Crippen LogP contribution in [0.4, 0.5) is 0 Å². The summed E-state index contributed by atoms with van der Waals surface area (Å²) in [5, 5.41) is 8.41. The molecule has 0 amide bonds. The lowest BCUT2D eigenvalue weighted by atomic mass is 9.93. The van der Waals surface area contributed by atoms with Crippen LogP contribution in [0.1, 0.15) is 15.3 Å². The zero-order chi connectivity index (χ0) is 24.9. The average molecular weight is 529 g/mol. The SMILES string of the molecule is C(=C(/c1cccs1)c1ccccc1-c1ccccc1P(c1ccccc1)c1ccccc1)/c1cccs1. The maximum absolute atomic E-state index is 2.34. The van der Waals surface area contributed by atoms with Gasteiger partial charge in [0.15, 0.2) is 0 Å². The van der Waals surface area contributed by atoms with Crippen molar-refractivity contribution in [3.05, 3.63) is 160 Å². The summed E-state index contributed by atoms with van der Waals surface area (Å²) in [6, 6.07) is 48.5. The summed E-state index contributed by atoms with van der Waals surface area (Å²) in [5.74, 6) is 0. The van der Waals surface area contributed by atoms with Gasteiger partial charge >= 0.3 is 0 Å². The molecule has 0 aliphatic carbocycles. The number of benzene rings is 4. The van der Waals surface area contributed by atoms with Crippen LogP contribution < -0.4 is 15.9 Å². The first-order valence-corrected chi connectivity index (χ1v) is 15.4. The Hall–Kier alpha value is -3.55. The van der Waals surface area contributed by atoms with Crippen molar-refractivity contribution in [2.24, 2.45) is 0 Å². The molecule has 0 N–H and O–H groups in total. The van der Waals surface area contributed by atoms with Gasteiger partial charge in [-0.3, -0.25) is 0 Å². The van der Waals surface area contributed by atoms with E-state index in [4.69, 9.17) is 0 Å². The fourth-order valence-corrected chi connectivity index (χ4v) is 8.54. The zero-order valence-corrected chi connectivity index (χ0v) is 22.7. The normalized spacial score (nSPS) is 11.6. The van der Waals surface area contributed by atoms with Gasteiger partial charge in [0.25, 0.3) is 0 Å². The fourth-order valence-electron chi connectivity index (χ4n) is 4.66. The molecule has 6 rings (SSSR count). The Morgan fingerprint density at radius 3 is 1.76 bits per heavy atom. The molecule has 0 saturated heterocycles. The van der Waals surface area contributed by atoms with Crippen molar-refractivity contribution in [2.45, 2.75) is 0 Å². The van der Waals surface area contributed by atoms with Gasteiger partial charge in [-0.1, -0.05) is 121 Å². The Morgan fingerprint density at radius 2 is 1.11 bits per heavy atom. The molecule has 0 nitrogen and oxygen atoms in total. The predicted octanol–water partition coefficient (Wildman–Crippen LogP) is 8.82. The Bertz CT molecular complexity index is 1560. The second-order valence-electron chi connectivity index (χ2n) is 8.62. The van der Waals surface area contributed by atoms with Crippen LogP contribution in [0, 0.1) is 0 Å². The molecular formula is C34H25PS2. The van der Waals surface area contributed by atoms with Gasteiger partial charge in [0, 0.05) is 15.3 Å². The molecule has 0 fully saturated rings. The molecule has 37 heavy (non-hydrogen) atoms. The molecule has 6 aromatic rings. The minimum atomic E-state index is -0.722. The van der Waals surface area contributed by atoms with Crippen molar-refractivity contribution in [1.82, 2.24) is 0 Å². The van der Waals surface area contributed by atoms with E-state index < -0.39 is 7.92 Å². The van der Waals surface area contributed by atoms with Crippen LogP contribution in [0.25, 0.3) is 22.8 Å². The first-order chi connectivity index (χ1) is 18.4. The Kier molecular flexibility index (Phi) is 7.23. The van der Waals surface area contributed by atoms with Crippen LogP contribution in [-0.2, 0) is 0 Å². The Labute approximate surface area is 228 Å². The van der Waals surface area contributed by atoms with Gasteiger partial charge in [0.2, 0.25) is 0 Å². The molecule has 0 unspecified atom stereocenters. The van der Waals surface area contributed by atoms with Crippen molar-refractivity contribution in [3.63, 3.8) is 0 Å². The van der Waals surface area contributed by atoms with Crippen LogP contribution in [0.5, 0.6) is 0 Å². The quantitative estimate of drug-likeness (QED) is 0.182. The molecule has 2 heterocycles. The van der Waals surface area contributed by atoms with E-state index in [1.807, 2.05) is 0 Å². The minimum absolute atomic E-state index is 0.722. The van der Waals surface area contributed by atoms with Crippen molar-refractivity contribution < 1.29 is 0 Å². The highest BCUT2D eigenvalue weighted by Crippen LogP contribution is 2.41. The standard InChI is InChI=1S/C34H25PS2/c1-3-13-26(14-4-1)35(27-15-5-2-6-16-27)33-21-10-9-20-31(33)29-18-7-8-19-30(29)32(34-22-12-24-37-34)25-28-17-11-23-36-28/h1-25H/b32-25-. The van der Waals surface area contributed by atoms with E-state index in [0.717, 1.165) is 0 Å². The van der Waals surface area contributed by atoms with E-state index in [0.29, 0.717) is 0 Å². The Morgan fingerprint density at radius 1 is 0.514 bits per heavy atom. The molecule has 3 heteroatoms. The topological polar surface area (TPSA) is 0 Å². The van der Waals surface area contributed by atoms with Crippen LogP contribution in [0.2, 0.25) is 0 Å². The fraction of sp³-hybridized carbons (Fsp3) is 0. The third-order valence-corrected chi connectivity index (χ3v) is 10.5. The van der Waals surface area contributed by atoms with Gasteiger partial charge in [-0.05, 0) is 69.5 Å². The van der Waals surface area contributed by atoms with Gasteiger partial charge in [-0.25, -0.2) is 0 Å². The van der Waals surface area contributed by atoms with Crippen molar-refractivity contribution >= 4 is 58.2 Å². The molecule has 0 bridgehead atoms. The lowest BCUT2D eigenvalue weighted by molar-refractivity contribution is 1.58. The number of hydrogen-bond donors (Lipinski definition) is 0. The summed E-state index contributed by atoms with van der Waals surface area (Å²) in [6.07, 6.45) is 2.34. The van der Waals surface area contributed by atoms with Crippen LogP contribution >= 0.6 is 30.6 Å². The zero-order valence-electron chi connectivity index (χ0n) is 20.2. The second-order valence-corrected chi connectivity index (χ2v) is 12.7. The smallest absolute Gasteiger partial charge is 0.0349 e. The van der Waals surface area contributed by atoms with Gasteiger partial charge in [0.1, 0.15) is 0 Å². The minimum Gasteiger partial charge on any atom is -0.144 e. The molecule has 0 saturated carbocycles. The lowest BCUT2D eigenvalue weighted by Crippen LogP contribution is -2.22. The van der Waals surface area contributed by atoms with Gasteiger partial charge in [-0.2, -0.15) is 0 Å². The largest absolute Gasteiger partial charge is 0.144 e. The maximum atomic E-state index is 2.34. The summed E-state index contributed by atoms with van der Waals surface area (Å²) >= 11 is 3.58. The van der Waals surface area contributed by atoms with E-state index in [-0.39, 0.29) is 0 Å². The van der Waals surface area contributed by atoms with Crippen LogP contribution in [-0.4, -0.2) is 0 Å². The third kappa shape index (κ3) is 5.15. The van der Waals surface area contributed by atoms with Crippen molar-refractivity contribution in [2.75, 3.05) is 0 Å². The number of thiophene rings is 2. The third-order valence-electron chi connectivity index (χ3n) is 6.30. The van der Waals surface area contributed by atoms with E-state index in [1.165, 1.54) is 47.9 Å². The number of hydrogen-bond acceptors (Lipinski definition) is 2. The first-order valence-electron chi connectivity index (χ1n) is 12.3. The second kappa shape index (κ2) is 11.2. The predicted molar refractivity (Wildman–Crippen MR) is 166 cm³/mol. The molecule has 4 aromatic carbocycles. The van der Waals surface area contributed by atoms with Crippen LogP contribution in [0.15, 0.2) is 144 Å². The highest BCUT2D eigenvalue weighted by molar-refractivity contribution is 7.80. The number of rotatable bonds is 7. The van der Waals surface area contributed by atoms with E-state index in [1.54, 1.807) is 22.7 Å². The molecule has 2 aromatic heterocycles. The molecular weight excluding hydrogens is 503 g/mol. The molecule has 0 spiro atoms. The summed E-state index contributed by atoms with van der Waals surface area (Å²) < 4.78 is 0. The van der Waals surface area contributed by atoms with E-state index in [9.17, 15) is 0 Å². The molecule has 0 aliphatic heterocycles. The highest BCUT2D eigenvalue weighted by Gasteiger charge is 2.22.